The summed E-state index contributed by atoms with van der Waals surface area (Å²) in [4.78, 5) is 42.9. The molecule has 2 atom stereocenters. The Balaban J connectivity index is 0.835. The van der Waals surface area contributed by atoms with Crippen LogP contribution in [0.5, 0.6) is 5.75 Å². The zero-order valence-electron chi connectivity index (χ0n) is 36.3. The third-order valence-electron chi connectivity index (χ3n) is 13.8. The van der Waals surface area contributed by atoms with Crippen molar-refractivity contribution in [1.82, 2.24) is 24.6 Å². The number of allylic oxidation sites excluding steroid dienone is 1. The minimum atomic E-state index is -1.35. The van der Waals surface area contributed by atoms with Gasteiger partial charge in [-0.2, -0.15) is 0 Å². The SMILES string of the molecule is C[C@@H]1CCN(C(/C=C(\N)c2ccccc2O)=C(N)N)CC1c1ccc(C(=O)N2CCC(F)(CN3CCC(n4cc(C5CC5)c5cc(NC(=O)CCNC=O)ccc54)CC3)CC2)cc1. The van der Waals surface area contributed by atoms with Crippen LogP contribution >= 0.6 is 0 Å². The summed E-state index contributed by atoms with van der Waals surface area (Å²) in [6.07, 6.45) is 10.6. The summed E-state index contributed by atoms with van der Waals surface area (Å²) in [5.41, 5.74) is 23.9. The lowest BCUT2D eigenvalue weighted by atomic mass is 9.81. The Labute approximate surface area is 369 Å². The highest BCUT2D eigenvalue weighted by Gasteiger charge is 2.39. The van der Waals surface area contributed by atoms with Gasteiger partial charge in [-0.05, 0) is 104 Å². The van der Waals surface area contributed by atoms with Crippen molar-refractivity contribution < 1.29 is 23.9 Å². The van der Waals surface area contributed by atoms with Crippen molar-refractivity contribution in [3.63, 3.8) is 0 Å². The number of fused-ring (bicyclic) bond motifs is 1. The molecule has 63 heavy (non-hydrogen) atoms. The Morgan fingerprint density at radius 3 is 2.32 bits per heavy atom. The predicted octanol–water partition coefficient (Wildman–Crippen LogP) is 6.09. The van der Waals surface area contributed by atoms with Crippen molar-refractivity contribution in [2.24, 2.45) is 23.1 Å². The zero-order chi connectivity index (χ0) is 44.3. The van der Waals surface area contributed by atoms with Crippen molar-refractivity contribution in [1.29, 1.82) is 0 Å². The summed E-state index contributed by atoms with van der Waals surface area (Å²) in [5.74, 6) is 1.10. The summed E-state index contributed by atoms with van der Waals surface area (Å²) >= 11 is 0. The average molecular weight is 860 g/mol. The molecule has 13 nitrogen and oxygen atoms in total. The number of halogens is 1. The van der Waals surface area contributed by atoms with Crippen molar-refractivity contribution in [3.8, 4) is 5.75 Å². The zero-order valence-corrected chi connectivity index (χ0v) is 36.3. The van der Waals surface area contributed by atoms with Gasteiger partial charge in [0.05, 0.1) is 5.70 Å². The second kappa shape index (κ2) is 18.8. The Hall–Kier alpha value is -6.02. The first kappa shape index (κ1) is 43.6. The maximum Gasteiger partial charge on any atom is 0.253 e. The molecule has 4 heterocycles. The van der Waals surface area contributed by atoms with Gasteiger partial charge in [0.1, 0.15) is 17.2 Å². The average Bonchev–Trinajstić information content (AvgIpc) is 4.06. The minimum absolute atomic E-state index is 0.0699. The third-order valence-corrected chi connectivity index (χ3v) is 13.8. The van der Waals surface area contributed by atoms with Crippen molar-refractivity contribution in [2.75, 3.05) is 57.7 Å². The van der Waals surface area contributed by atoms with E-state index >= 15 is 4.39 Å². The molecule has 8 rings (SSSR count). The molecule has 0 spiro atoms. The number of benzene rings is 3. The van der Waals surface area contributed by atoms with Gasteiger partial charge in [0.15, 0.2) is 0 Å². The van der Waals surface area contributed by atoms with Crippen LogP contribution in [0, 0.1) is 5.92 Å². The monoisotopic (exact) mass is 859 g/mol. The molecule has 0 bridgehead atoms. The number of phenolic OH excluding ortho intramolecular Hbond substituents is 1. The third kappa shape index (κ3) is 9.96. The van der Waals surface area contributed by atoms with Crippen LogP contribution in [0.1, 0.15) is 103 Å². The molecule has 1 aromatic heterocycles. The van der Waals surface area contributed by atoms with Gasteiger partial charge in [0.2, 0.25) is 12.3 Å². The van der Waals surface area contributed by atoms with Crippen LogP contribution in [-0.4, -0.2) is 101 Å². The molecule has 3 amide bonds. The number of nitrogens with one attached hydrogen (secondary N) is 2. The van der Waals surface area contributed by atoms with Gasteiger partial charge >= 0.3 is 0 Å². The first-order chi connectivity index (χ1) is 30.4. The van der Waals surface area contributed by atoms with E-state index in [0.29, 0.717) is 92.4 Å². The molecule has 3 aromatic carbocycles. The highest BCUT2D eigenvalue weighted by atomic mass is 19.1. The fourth-order valence-electron chi connectivity index (χ4n) is 9.95. The number of piperidine rings is 3. The maximum absolute atomic E-state index is 16.5. The molecule has 4 aliphatic rings. The number of aromatic hydroxyl groups is 1. The van der Waals surface area contributed by atoms with Crippen LogP contribution in [0.2, 0.25) is 0 Å². The Morgan fingerprint density at radius 2 is 1.63 bits per heavy atom. The lowest BCUT2D eigenvalue weighted by Crippen LogP contribution is -2.51. The van der Waals surface area contributed by atoms with E-state index in [0.717, 1.165) is 50.1 Å². The van der Waals surface area contributed by atoms with E-state index in [1.165, 1.54) is 29.3 Å². The number of hydrogen-bond acceptors (Lipinski definition) is 9. The second-order valence-corrected chi connectivity index (χ2v) is 18.2. The largest absolute Gasteiger partial charge is 0.507 e. The topological polar surface area (TPSA) is 188 Å². The molecule has 3 saturated heterocycles. The first-order valence-corrected chi connectivity index (χ1v) is 22.6. The van der Waals surface area contributed by atoms with E-state index in [-0.39, 0.29) is 35.7 Å². The summed E-state index contributed by atoms with van der Waals surface area (Å²) < 4.78 is 18.9. The van der Waals surface area contributed by atoms with Crippen LogP contribution in [0.3, 0.4) is 0 Å². The first-order valence-electron chi connectivity index (χ1n) is 22.6. The molecule has 4 fully saturated rings. The molecule has 4 aromatic rings. The molecular formula is C49H62FN9O4. The summed E-state index contributed by atoms with van der Waals surface area (Å²) in [5, 5.41) is 17.0. The number of anilines is 1. The Bertz CT molecular complexity index is 2350. The minimum Gasteiger partial charge on any atom is -0.507 e. The number of nitrogens with zero attached hydrogens (tertiary/aromatic N) is 4. The van der Waals surface area contributed by atoms with Crippen LogP contribution < -0.4 is 27.8 Å². The summed E-state index contributed by atoms with van der Waals surface area (Å²) in [6, 6.07) is 21.2. The number of aromatic nitrogens is 1. The molecule has 1 unspecified atom stereocenters. The van der Waals surface area contributed by atoms with E-state index in [4.69, 9.17) is 17.2 Å². The molecule has 0 radical (unpaired) electrons. The highest BCUT2D eigenvalue weighted by molar-refractivity contribution is 5.96. The molecule has 1 saturated carbocycles. The van der Waals surface area contributed by atoms with Crippen molar-refractivity contribution in [3.05, 3.63) is 113 Å². The van der Waals surface area contributed by atoms with Crippen molar-refractivity contribution in [2.45, 2.75) is 81.8 Å². The Kier molecular flexibility index (Phi) is 13.0. The van der Waals surface area contributed by atoms with Crippen LogP contribution in [-0.2, 0) is 9.59 Å². The highest BCUT2D eigenvalue weighted by Crippen LogP contribution is 2.46. The van der Waals surface area contributed by atoms with Gasteiger partial charge in [-0.25, -0.2) is 4.39 Å². The fourth-order valence-corrected chi connectivity index (χ4v) is 9.95. The predicted molar refractivity (Wildman–Crippen MR) is 245 cm³/mol. The Morgan fingerprint density at radius 1 is 0.905 bits per heavy atom. The smallest absolute Gasteiger partial charge is 0.253 e. The molecule has 334 valence electrons. The number of rotatable bonds is 14. The van der Waals surface area contributed by atoms with E-state index < -0.39 is 5.67 Å². The number of phenols is 1. The number of nitrogens with two attached hydrogens (primary N) is 3. The number of carbonyl (C=O) groups is 3. The number of carbonyl (C=O) groups excluding carboxylic acids is 3. The molecule has 9 N–H and O–H groups in total. The molecule has 1 aliphatic carbocycles. The van der Waals surface area contributed by atoms with E-state index in [1.54, 1.807) is 29.2 Å². The number of amides is 3. The number of para-hydroxylation sites is 1. The van der Waals surface area contributed by atoms with E-state index in [9.17, 15) is 19.5 Å². The van der Waals surface area contributed by atoms with Crippen molar-refractivity contribution >= 4 is 40.5 Å². The van der Waals surface area contributed by atoms with Crippen LogP contribution in [0.4, 0.5) is 10.1 Å². The van der Waals surface area contributed by atoms with E-state index in [1.807, 2.05) is 36.4 Å². The number of hydrogen-bond donors (Lipinski definition) is 6. The summed E-state index contributed by atoms with van der Waals surface area (Å²) in [7, 11) is 0. The van der Waals surface area contributed by atoms with Gasteiger partial charge in [-0.15, -0.1) is 0 Å². The van der Waals surface area contributed by atoms with Crippen LogP contribution in [0.25, 0.3) is 16.6 Å². The molecular weight excluding hydrogens is 798 g/mol. The maximum atomic E-state index is 16.5. The fraction of sp³-hybridized carbons (Fsp3) is 0.449. The quantitative estimate of drug-likeness (QED) is 0.0496. The van der Waals surface area contributed by atoms with Gasteiger partial charge in [-0.1, -0.05) is 31.2 Å². The van der Waals surface area contributed by atoms with Gasteiger partial charge in [-0.3, -0.25) is 14.4 Å². The number of alkyl halides is 1. The standard InChI is InChI=1S/C49H62FN9O4/c1-32-15-23-58(44(47(52)53)27-42(51)38-4-2-3-5-45(38)61)28-40(32)33-8-10-35(11-9-33)48(63)57-24-18-49(50,19-25-57)30-56-21-16-37(17-22-56)59-29-41(34-6-7-34)39-26-36(12-13-43(39)59)55-46(62)14-20-54-31-60/h2-5,8-13,26-27,29,31-32,34,37,40,61H,6-7,14-25,28,30,51-53H2,1H3,(H,54,60)(H,55,62)/b42-27-/t32-,40?/m1/s1. The van der Waals surface area contributed by atoms with Gasteiger partial charge in [0, 0.05) is 123 Å². The summed E-state index contributed by atoms with van der Waals surface area (Å²) in [6.45, 7) is 6.70. The second-order valence-electron chi connectivity index (χ2n) is 18.2. The molecule has 3 aliphatic heterocycles. The lowest BCUT2D eigenvalue weighted by molar-refractivity contribution is -0.116. The molecule has 14 heteroatoms. The van der Waals surface area contributed by atoms with Gasteiger partial charge in [0.25, 0.3) is 5.91 Å². The number of likely N-dealkylation sites (tertiary alicyclic amines) is 3. The lowest BCUT2D eigenvalue weighted by Gasteiger charge is -2.41. The normalized spacial score (nSPS) is 21.0. The van der Waals surface area contributed by atoms with Gasteiger partial charge < -0.3 is 52.2 Å². The van der Waals surface area contributed by atoms with Crippen LogP contribution in [0.15, 0.2) is 90.5 Å². The van der Waals surface area contributed by atoms with E-state index in [2.05, 4.69) is 50.3 Å².